The number of nitrogens with zero attached hydrogens (tertiary/aromatic N) is 1. The van der Waals surface area contributed by atoms with Crippen molar-refractivity contribution in [2.45, 2.75) is 6.42 Å². The molecule has 0 spiro atoms. The lowest BCUT2D eigenvalue weighted by molar-refractivity contribution is -0.115. The van der Waals surface area contributed by atoms with Gasteiger partial charge >= 0.3 is 0 Å². The van der Waals surface area contributed by atoms with Crippen molar-refractivity contribution in [1.82, 2.24) is 4.98 Å². The molecule has 8 heteroatoms. The minimum absolute atomic E-state index is 0.142. The van der Waals surface area contributed by atoms with E-state index in [1.807, 2.05) is 24.3 Å². The Balaban J connectivity index is 1.35. The number of furan rings is 1. The van der Waals surface area contributed by atoms with E-state index in [9.17, 15) is 9.59 Å². The summed E-state index contributed by atoms with van der Waals surface area (Å²) in [5.74, 6) is -0.269. The molecule has 0 aliphatic carbocycles. The number of benzene rings is 2. The largest absolute Gasteiger partial charge is 0.444 e. The molecule has 0 atom stereocenters. The van der Waals surface area contributed by atoms with Gasteiger partial charge in [0.25, 0.3) is 5.91 Å². The van der Waals surface area contributed by atoms with E-state index in [0.29, 0.717) is 15.5 Å². The van der Waals surface area contributed by atoms with E-state index in [4.69, 9.17) is 4.42 Å². The maximum absolute atomic E-state index is 12.3. The molecule has 2 aromatic heterocycles. The highest BCUT2D eigenvalue weighted by atomic mass is 79.9. The van der Waals surface area contributed by atoms with Crippen molar-refractivity contribution in [2.24, 2.45) is 0 Å². The highest BCUT2D eigenvalue weighted by molar-refractivity contribution is 9.10. The normalized spacial score (nSPS) is 10.8. The number of hydrogen-bond acceptors (Lipinski definition) is 5. The number of carbonyl (C=O) groups is 2. The zero-order valence-electron chi connectivity index (χ0n) is 14.4. The Bertz CT molecular complexity index is 1120. The predicted molar refractivity (Wildman–Crippen MR) is 113 cm³/mol. The molecule has 6 nitrogen and oxygen atoms in total. The fraction of sp³-hybridized carbons (Fsp3) is 0.0500. The molecule has 140 valence electrons. The van der Waals surface area contributed by atoms with Gasteiger partial charge in [-0.1, -0.05) is 35.6 Å². The fourth-order valence-corrected chi connectivity index (χ4v) is 3.80. The van der Waals surface area contributed by atoms with Crippen LogP contribution in [0, 0.1) is 0 Å². The Kier molecular flexibility index (Phi) is 5.23. The summed E-state index contributed by atoms with van der Waals surface area (Å²) in [5.41, 5.74) is 2.32. The summed E-state index contributed by atoms with van der Waals surface area (Å²) in [5, 5.41) is 6.16. The minimum atomic E-state index is -0.341. The van der Waals surface area contributed by atoms with Gasteiger partial charge in [-0.15, -0.1) is 0 Å². The van der Waals surface area contributed by atoms with E-state index >= 15 is 0 Å². The second-order valence-corrected chi connectivity index (χ2v) is 7.78. The molecule has 2 amide bonds. The van der Waals surface area contributed by atoms with Crippen LogP contribution in [-0.4, -0.2) is 16.8 Å². The first-order valence-electron chi connectivity index (χ1n) is 8.38. The molecule has 0 saturated carbocycles. The summed E-state index contributed by atoms with van der Waals surface area (Å²) in [6.07, 6.45) is 0.218. The molecule has 2 heterocycles. The number of amides is 2. The lowest BCUT2D eigenvalue weighted by Gasteiger charge is -2.05. The minimum Gasteiger partial charge on any atom is -0.444 e. The zero-order valence-corrected chi connectivity index (χ0v) is 16.8. The van der Waals surface area contributed by atoms with Crippen molar-refractivity contribution in [3.05, 3.63) is 76.7 Å². The van der Waals surface area contributed by atoms with Crippen LogP contribution < -0.4 is 10.6 Å². The van der Waals surface area contributed by atoms with E-state index in [1.165, 1.54) is 11.3 Å². The van der Waals surface area contributed by atoms with Crippen LogP contribution in [0.3, 0.4) is 0 Å². The number of nitrogens with one attached hydrogen (secondary N) is 2. The second kappa shape index (κ2) is 7.95. The fourth-order valence-electron chi connectivity index (χ4n) is 2.61. The van der Waals surface area contributed by atoms with Crippen molar-refractivity contribution in [3.8, 4) is 0 Å². The van der Waals surface area contributed by atoms with Gasteiger partial charge in [-0.2, -0.15) is 0 Å². The summed E-state index contributed by atoms with van der Waals surface area (Å²) in [6, 6.07) is 18.1. The first-order chi connectivity index (χ1) is 13.6. The Hall–Kier alpha value is -2.97. The molecule has 0 aliphatic rings. The van der Waals surface area contributed by atoms with E-state index in [0.717, 1.165) is 15.8 Å². The van der Waals surface area contributed by atoms with Gasteiger partial charge in [0, 0.05) is 5.69 Å². The quantitative estimate of drug-likeness (QED) is 0.439. The number of halogens is 1. The van der Waals surface area contributed by atoms with Crippen LogP contribution in [0.2, 0.25) is 0 Å². The Morgan fingerprint density at radius 2 is 1.79 bits per heavy atom. The van der Waals surface area contributed by atoms with Gasteiger partial charge in [0.05, 0.1) is 16.6 Å². The predicted octanol–water partition coefficient (Wildman–Crippen LogP) is 5.09. The molecule has 2 aromatic carbocycles. The number of fused-ring (bicyclic) bond motifs is 1. The highest BCUT2D eigenvalue weighted by Crippen LogP contribution is 2.25. The summed E-state index contributed by atoms with van der Waals surface area (Å²) in [4.78, 5) is 28.7. The van der Waals surface area contributed by atoms with Crippen molar-refractivity contribution in [2.75, 3.05) is 10.6 Å². The monoisotopic (exact) mass is 455 g/mol. The molecule has 2 N–H and O–H groups in total. The number of rotatable bonds is 5. The van der Waals surface area contributed by atoms with Crippen molar-refractivity contribution < 1.29 is 14.0 Å². The van der Waals surface area contributed by atoms with Crippen LogP contribution in [0.25, 0.3) is 10.2 Å². The molecule has 4 aromatic rings. The third-order valence-corrected chi connectivity index (χ3v) is 5.29. The molecule has 4 rings (SSSR count). The molecule has 28 heavy (non-hydrogen) atoms. The molecule has 0 aliphatic heterocycles. The van der Waals surface area contributed by atoms with Crippen molar-refractivity contribution >= 4 is 60.1 Å². The Labute approximate surface area is 172 Å². The topological polar surface area (TPSA) is 84.2 Å². The maximum atomic E-state index is 12.3. The van der Waals surface area contributed by atoms with Crippen LogP contribution in [0.4, 0.5) is 10.8 Å². The zero-order chi connectivity index (χ0) is 19.5. The number of hydrogen-bond donors (Lipinski definition) is 2. The Morgan fingerprint density at radius 3 is 2.50 bits per heavy atom. The Morgan fingerprint density at radius 1 is 1.00 bits per heavy atom. The van der Waals surface area contributed by atoms with Gasteiger partial charge in [-0.3, -0.25) is 9.59 Å². The van der Waals surface area contributed by atoms with Gasteiger partial charge in [-0.05, 0) is 57.9 Å². The molecule has 0 unspecified atom stereocenters. The number of aromatic nitrogens is 1. The molecule has 0 bridgehead atoms. The van der Waals surface area contributed by atoms with Gasteiger partial charge in [0.2, 0.25) is 5.91 Å². The van der Waals surface area contributed by atoms with Crippen LogP contribution in [0.1, 0.15) is 16.1 Å². The first-order valence-corrected chi connectivity index (χ1v) is 9.99. The smallest absolute Gasteiger partial charge is 0.291 e. The van der Waals surface area contributed by atoms with Crippen LogP contribution in [-0.2, 0) is 11.2 Å². The average molecular weight is 456 g/mol. The summed E-state index contributed by atoms with van der Waals surface area (Å²) in [7, 11) is 0. The molecule has 0 saturated heterocycles. The van der Waals surface area contributed by atoms with Crippen molar-refractivity contribution in [1.29, 1.82) is 0 Å². The third-order valence-electron chi connectivity index (χ3n) is 3.91. The lowest BCUT2D eigenvalue weighted by Crippen LogP contribution is -2.14. The van der Waals surface area contributed by atoms with Crippen LogP contribution in [0.5, 0.6) is 0 Å². The molecule has 0 fully saturated rings. The first kappa shape index (κ1) is 18.4. The molecular weight excluding hydrogens is 442 g/mol. The number of thiazole rings is 1. The molecule has 0 radical (unpaired) electrons. The van der Waals surface area contributed by atoms with Crippen LogP contribution >= 0.6 is 27.3 Å². The second-order valence-electron chi connectivity index (χ2n) is 5.97. The third kappa shape index (κ3) is 4.29. The standard InChI is InChI=1S/C20H14BrN3O3S/c21-17-10-9-15(27-17)19(26)22-13-7-5-12(6-8-13)11-18(25)24-20-23-14-3-1-2-4-16(14)28-20/h1-10H,11H2,(H,22,26)(H,23,24,25). The summed E-state index contributed by atoms with van der Waals surface area (Å²) in [6.45, 7) is 0. The van der Waals surface area contributed by atoms with E-state index in [-0.39, 0.29) is 24.0 Å². The van der Waals surface area contributed by atoms with Gasteiger partial charge in [0.15, 0.2) is 15.6 Å². The number of para-hydroxylation sites is 1. The van der Waals surface area contributed by atoms with Crippen molar-refractivity contribution in [3.63, 3.8) is 0 Å². The van der Waals surface area contributed by atoms with E-state index < -0.39 is 0 Å². The van der Waals surface area contributed by atoms with E-state index in [2.05, 4.69) is 31.5 Å². The average Bonchev–Trinajstić information content (AvgIpc) is 3.28. The van der Waals surface area contributed by atoms with Gasteiger partial charge < -0.3 is 15.1 Å². The SMILES string of the molecule is O=C(Cc1ccc(NC(=O)c2ccc(Br)o2)cc1)Nc1nc2ccccc2s1. The van der Waals surface area contributed by atoms with Gasteiger partial charge in [-0.25, -0.2) is 4.98 Å². The maximum Gasteiger partial charge on any atom is 0.291 e. The van der Waals surface area contributed by atoms with E-state index in [1.54, 1.807) is 36.4 Å². The molecular formula is C20H14BrN3O3S. The lowest BCUT2D eigenvalue weighted by atomic mass is 10.1. The number of anilines is 2. The number of carbonyl (C=O) groups excluding carboxylic acids is 2. The highest BCUT2D eigenvalue weighted by Gasteiger charge is 2.11. The van der Waals surface area contributed by atoms with Gasteiger partial charge in [0.1, 0.15) is 0 Å². The summed E-state index contributed by atoms with van der Waals surface area (Å²) >= 11 is 4.61. The summed E-state index contributed by atoms with van der Waals surface area (Å²) < 4.78 is 6.74. The van der Waals surface area contributed by atoms with Crippen LogP contribution in [0.15, 0.2) is 69.8 Å².